The number of rotatable bonds is 3. The highest BCUT2D eigenvalue weighted by Crippen LogP contribution is 2.23. The van der Waals surface area contributed by atoms with Crippen molar-refractivity contribution in [2.45, 2.75) is 19.8 Å². The van der Waals surface area contributed by atoms with Crippen molar-refractivity contribution in [2.24, 2.45) is 5.92 Å². The van der Waals surface area contributed by atoms with Crippen molar-refractivity contribution in [1.82, 2.24) is 4.90 Å². The second-order valence-corrected chi connectivity index (χ2v) is 5.96. The first-order valence-corrected chi connectivity index (χ1v) is 7.46. The van der Waals surface area contributed by atoms with Gasteiger partial charge < -0.3 is 9.64 Å². The summed E-state index contributed by atoms with van der Waals surface area (Å²) in [4.78, 5) is 14.5. The van der Waals surface area contributed by atoms with Crippen molar-refractivity contribution in [2.75, 3.05) is 26.8 Å². The molecular formula is C15H20BrNO2. The number of halogens is 1. The van der Waals surface area contributed by atoms with Gasteiger partial charge in [-0.05, 0) is 43.4 Å². The van der Waals surface area contributed by atoms with E-state index in [9.17, 15) is 4.79 Å². The standard InChI is InChI=1S/C15H20BrNO2/c1-11-13(4-3-5-14(11)16)15(18)17-8-6-12(7-9-17)10-19-2/h3-5,12H,6-10H2,1-2H3. The van der Waals surface area contributed by atoms with E-state index in [1.807, 2.05) is 30.0 Å². The van der Waals surface area contributed by atoms with E-state index in [0.29, 0.717) is 5.92 Å². The number of carbonyl (C=O) groups excluding carboxylic acids is 1. The first-order chi connectivity index (χ1) is 9.13. The number of hydrogen-bond donors (Lipinski definition) is 0. The van der Waals surface area contributed by atoms with E-state index in [0.717, 1.165) is 48.1 Å². The Hall–Kier alpha value is -0.870. The number of hydrogen-bond acceptors (Lipinski definition) is 2. The minimum absolute atomic E-state index is 0.148. The van der Waals surface area contributed by atoms with Gasteiger partial charge in [-0.25, -0.2) is 0 Å². The Morgan fingerprint density at radius 2 is 2.11 bits per heavy atom. The van der Waals surface area contributed by atoms with Crippen LogP contribution in [0, 0.1) is 12.8 Å². The molecule has 0 atom stereocenters. The van der Waals surface area contributed by atoms with Crippen LogP contribution in [0.25, 0.3) is 0 Å². The summed E-state index contributed by atoms with van der Waals surface area (Å²) >= 11 is 3.48. The lowest BCUT2D eigenvalue weighted by atomic mass is 9.97. The summed E-state index contributed by atoms with van der Waals surface area (Å²) in [7, 11) is 1.74. The molecule has 4 heteroatoms. The van der Waals surface area contributed by atoms with Crippen LogP contribution in [0.5, 0.6) is 0 Å². The van der Waals surface area contributed by atoms with Crippen LogP contribution in [-0.4, -0.2) is 37.6 Å². The highest BCUT2D eigenvalue weighted by Gasteiger charge is 2.24. The van der Waals surface area contributed by atoms with Gasteiger partial charge in [0, 0.05) is 36.8 Å². The van der Waals surface area contributed by atoms with Crippen molar-refractivity contribution in [3.63, 3.8) is 0 Å². The third-order valence-electron chi connectivity index (χ3n) is 3.80. The quantitative estimate of drug-likeness (QED) is 0.853. The number of methoxy groups -OCH3 is 1. The minimum atomic E-state index is 0.148. The summed E-state index contributed by atoms with van der Waals surface area (Å²) in [6.07, 6.45) is 2.07. The van der Waals surface area contributed by atoms with Gasteiger partial charge in [-0.2, -0.15) is 0 Å². The first-order valence-electron chi connectivity index (χ1n) is 6.66. The molecule has 1 amide bonds. The van der Waals surface area contributed by atoms with Gasteiger partial charge >= 0.3 is 0 Å². The molecule has 1 saturated heterocycles. The number of piperidine rings is 1. The van der Waals surface area contributed by atoms with E-state index in [4.69, 9.17) is 4.74 Å². The molecule has 1 aliphatic heterocycles. The molecule has 0 spiro atoms. The second kappa shape index (κ2) is 6.53. The molecule has 1 fully saturated rings. The molecule has 2 rings (SSSR count). The van der Waals surface area contributed by atoms with Gasteiger partial charge in [0.15, 0.2) is 0 Å². The molecule has 1 aromatic carbocycles. The molecule has 1 aliphatic rings. The molecule has 0 radical (unpaired) electrons. The number of nitrogens with zero attached hydrogens (tertiary/aromatic N) is 1. The van der Waals surface area contributed by atoms with Crippen molar-refractivity contribution in [1.29, 1.82) is 0 Å². The maximum Gasteiger partial charge on any atom is 0.254 e. The van der Waals surface area contributed by atoms with E-state index in [-0.39, 0.29) is 5.91 Å². The Morgan fingerprint density at radius 1 is 1.42 bits per heavy atom. The Morgan fingerprint density at radius 3 is 2.74 bits per heavy atom. The molecule has 19 heavy (non-hydrogen) atoms. The van der Waals surface area contributed by atoms with Crippen LogP contribution in [0.1, 0.15) is 28.8 Å². The molecule has 1 aromatic rings. The van der Waals surface area contributed by atoms with Crippen LogP contribution in [0.4, 0.5) is 0 Å². The molecular weight excluding hydrogens is 306 g/mol. The molecule has 0 N–H and O–H groups in total. The molecule has 0 bridgehead atoms. The average molecular weight is 326 g/mol. The molecule has 0 saturated carbocycles. The summed E-state index contributed by atoms with van der Waals surface area (Å²) in [6.45, 7) is 4.45. The SMILES string of the molecule is COCC1CCN(C(=O)c2cccc(Br)c2C)CC1. The van der Waals surface area contributed by atoms with Crippen LogP contribution in [0.15, 0.2) is 22.7 Å². The predicted molar refractivity (Wildman–Crippen MR) is 79.4 cm³/mol. The van der Waals surface area contributed by atoms with E-state index >= 15 is 0 Å². The van der Waals surface area contributed by atoms with Gasteiger partial charge in [0.2, 0.25) is 0 Å². The molecule has 0 aliphatic carbocycles. The predicted octanol–water partition coefficient (Wildman–Crippen LogP) is 3.26. The van der Waals surface area contributed by atoms with Gasteiger partial charge in [-0.1, -0.05) is 22.0 Å². The highest BCUT2D eigenvalue weighted by molar-refractivity contribution is 9.10. The summed E-state index contributed by atoms with van der Waals surface area (Å²) in [5.41, 5.74) is 1.83. The van der Waals surface area contributed by atoms with Crippen LogP contribution in [0.3, 0.4) is 0 Å². The van der Waals surface area contributed by atoms with E-state index in [1.165, 1.54) is 0 Å². The van der Waals surface area contributed by atoms with Crippen LogP contribution < -0.4 is 0 Å². The number of carbonyl (C=O) groups is 1. The fourth-order valence-electron chi connectivity index (χ4n) is 2.55. The Labute approximate surface area is 123 Å². The van der Waals surface area contributed by atoms with E-state index in [1.54, 1.807) is 7.11 Å². The third-order valence-corrected chi connectivity index (χ3v) is 4.66. The molecule has 3 nitrogen and oxygen atoms in total. The van der Waals surface area contributed by atoms with Crippen LogP contribution >= 0.6 is 15.9 Å². The van der Waals surface area contributed by atoms with Crippen molar-refractivity contribution in [3.05, 3.63) is 33.8 Å². The van der Waals surface area contributed by atoms with Gasteiger partial charge in [0.1, 0.15) is 0 Å². The molecule has 1 heterocycles. The van der Waals surface area contributed by atoms with Gasteiger partial charge in [-0.15, -0.1) is 0 Å². The smallest absolute Gasteiger partial charge is 0.254 e. The Bertz CT molecular complexity index is 453. The maximum absolute atomic E-state index is 12.5. The zero-order chi connectivity index (χ0) is 13.8. The maximum atomic E-state index is 12.5. The number of likely N-dealkylation sites (tertiary alicyclic amines) is 1. The Kier molecular flexibility index (Phi) is 4.99. The highest BCUT2D eigenvalue weighted by atomic mass is 79.9. The zero-order valence-corrected chi connectivity index (χ0v) is 13.1. The lowest BCUT2D eigenvalue weighted by Gasteiger charge is -2.32. The number of ether oxygens (including phenoxy) is 1. The monoisotopic (exact) mass is 325 g/mol. The van der Waals surface area contributed by atoms with Crippen molar-refractivity contribution < 1.29 is 9.53 Å². The number of benzene rings is 1. The van der Waals surface area contributed by atoms with Crippen molar-refractivity contribution in [3.8, 4) is 0 Å². The zero-order valence-electron chi connectivity index (χ0n) is 11.5. The third kappa shape index (κ3) is 3.37. The van der Waals surface area contributed by atoms with Crippen LogP contribution in [0.2, 0.25) is 0 Å². The largest absolute Gasteiger partial charge is 0.384 e. The second-order valence-electron chi connectivity index (χ2n) is 5.10. The normalized spacial score (nSPS) is 16.7. The van der Waals surface area contributed by atoms with Gasteiger partial charge in [0.05, 0.1) is 0 Å². The molecule has 104 valence electrons. The average Bonchev–Trinajstić information content (AvgIpc) is 2.42. The lowest BCUT2D eigenvalue weighted by Crippen LogP contribution is -2.39. The topological polar surface area (TPSA) is 29.5 Å². The van der Waals surface area contributed by atoms with Crippen LogP contribution in [-0.2, 0) is 4.74 Å². The first kappa shape index (κ1) is 14.5. The summed E-state index contributed by atoms with van der Waals surface area (Å²) in [5.74, 6) is 0.743. The summed E-state index contributed by atoms with van der Waals surface area (Å²) in [6, 6.07) is 5.79. The molecule has 0 aromatic heterocycles. The fourth-order valence-corrected chi connectivity index (χ4v) is 2.91. The lowest BCUT2D eigenvalue weighted by molar-refractivity contribution is 0.0613. The van der Waals surface area contributed by atoms with Gasteiger partial charge in [0.25, 0.3) is 5.91 Å². The van der Waals surface area contributed by atoms with E-state index < -0.39 is 0 Å². The molecule has 0 unspecified atom stereocenters. The summed E-state index contributed by atoms with van der Waals surface area (Å²) < 4.78 is 6.18. The summed E-state index contributed by atoms with van der Waals surface area (Å²) in [5, 5.41) is 0. The van der Waals surface area contributed by atoms with Gasteiger partial charge in [-0.3, -0.25) is 4.79 Å². The fraction of sp³-hybridized carbons (Fsp3) is 0.533. The van der Waals surface area contributed by atoms with E-state index in [2.05, 4.69) is 15.9 Å². The Balaban J connectivity index is 2.03. The number of amides is 1. The minimum Gasteiger partial charge on any atom is -0.384 e. The van der Waals surface area contributed by atoms with Crippen molar-refractivity contribution >= 4 is 21.8 Å².